The molecule has 1 N–H and O–H groups in total. The van der Waals surface area contributed by atoms with Crippen LogP contribution in [0.15, 0.2) is 18.3 Å². The number of nitrogens with one attached hydrogen (secondary N) is 1. The Kier molecular flexibility index (Phi) is 6.30. The molecule has 1 aliphatic rings. The summed E-state index contributed by atoms with van der Waals surface area (Å²) in [6, 6.07) is 8.09. The van der Waals surface area contributed by atoms with Crippen LogP contribution in [-0.2, 0) is 19.5 Å². The molecule has 0 atom stereocenters. The fraction of sp³-hybridized carbons (Fsp3) is 0.400. The zero-order valence-corrected chi connectivity index (χ0v) is 16.6. The number of hydrogen-bond acceptors (Lipinski definition) is 7. The van der Waals surface area contributed by atoms with Gasteiger partial charge in [0.1, 0.15) is 29.3 Å². The lowest BCUT2D eigenvalue weighted by Crippen LogP contribution is -2.32. The van der Waals surface area contributed by atoms with Crippen LogP contribution < -0.4 is 10.1 Å². The second kappa shape index (κ2) is 8.88. The second-order valence-electron chi connectivity index (χ2n) is 6.82. The van der Waals surface area contributed by atoms with Crippen LogP contribution in [-0.4, -0.2) is 34.1 Å². The molecule has 0 saturated carbocycles. The Labute approximate surface area is 169 Å². The molecule has 0 aromatic carbocycles. The number of halogens is 1. The molecule has 8 heteroatoms. The quantitative estimate of drug-likeness (QED) is 0.590. The van der Waals surface area contributed by atoms with Gasteiger partial charge < -0.3 is 10.1 Å². The first-order valence-electron chi connectivity index (χ1n) is 9.08. The Bertz CT molecular complexity index is 930. The molecule has 2 aromatic heterocycles. The Balaban J connectivity index is 1.79. The Hall–Kier alpha value is -2.87. The zero-order chi connectivity index (χ0) is 20.1. The van der Waals surface area contributed by atoms with E-state index in [9.17, 15) is 5.26 Å². The SMILES string of the molecule is CC(C)Oc1ccc(CN2CCc3c(NCC#N)nc(Cl)c(C#N)c3C2)nc1. The minimum absolute atomic E-state index is 0.109. The van der Waals surface area contributed by atoms with Gasteiger partial charge in [-0.25, -0.2) is 4.98 Å². The molecule has 0 saturated heterocycles. The van der Waals surface area contributed by atoms with Crippen LogP contribution in [0.5, 0.6) is 5.75 Å². The Morgan fingerprint density at radius 2 is 2.14 bits per heavy atom. The lowest BCUT2D eigenvalue weighted by Gasteiger charge is -2.30. The number of pyridine rings is 2. The van der Waals surface area contributed by atoms with Gasteiger partial charge in [0.15, 0.2) is 0 Å². The van der Waals surface area contributed by atoms with Crippen LogP contribution in [0, 0.1) is 22.7 Å². The fourth-order valence-corrected chi connectivity index (χ4v) is 3.49. The minimum Gasteiger partial charge on any atom is -0.489 e. The van der Waals surface area contributed by atoms with E-state index in [0.29, 0.717) is 24.5 Å². The van der Waals surface area contributed by atoms with Crippen LogP contribution in [0.3, 0.4) is 0 Å². The van der Waals surface area contributed by atoms with Gasteiger partial charge in [0.05, 0.1) is 29.6 Å². The van der Waals surface area contributed by atoms with Crippen LogP contribution >= 0.6 is 11.6 Å². The Morgan fingerprint density at radius 3 is 2.79 bits per heavy atom. The first-order valence-corrected chi connectivity index (χ1v) is 9.45. The van der Waals surface area contributed by atoms with Gasteiger partial charge in [0, 0.05) is 25.2 Å². The summed E-state index contributed by atoms with van der Waals surface area (Å²) in [6.45, 7) is 6.13. The zero-order valence-electron chi connectivity index (χ0n) is 15.9. The molecule has 1 aliphatic heterocycles. The second-order valence-corrected chi connectivity index (χ2v) is 7.18. The van der Waals surface area contributed by atoms with Gasteiger partial charge in [-0.2, -0.15) is 10.5 Å². The standard InChI is InChI=1S/C20H21ClN6O/c1-13(2)28-15-4-3-14(25-10-15)11-27-8-5-16-18(12-27)17(9-23)19(21)26-20(16)24-7-6-22/h3-4,10,13H,5,7-8,11-12H2,1-2H3,(H,24,26). The highest BCUT2D eigenvalue weighted by molar-refractivity contribution is 6.30. The van der Waals surface area contributed by atoms with Crippen molar-refractivity contribution in [1.29, 1.82) is 10.5 Å². The highest BCUT2D eigenvalue weighted by Gasteiger charge is 2.25. The van der Waals surface area contributed by atoms with Crippen LogP contribution in [0.4, 0.5) is 5.82 Å². The third-order valence-corrected chi connectivity index (χ3v) is 4.70. The molecule has 7 nitrogen and oxygen atoms in total. The largest absolute Gasteiger partial charge is 0.489 e. The van der Waals surface area contributed by atoms with Crippen molar-refractivity contribution in [2.45, 2.75) is 39.5 Å². The maximum atomic E-state index is 9.53. The van der Waals surface area contributed by atoms with E-state index in [1.807, 2.05) is 32.0 Å². The first-order chi connectivity index (χ1) is 13.5. The number of hydrogen-bond donors (Lipinski definition) is 1. The smallest absolute Gasteiger partial charge is 0.149 e. The molecular weight excluding hydrogens is 376 g/mol. The summed E-state index contributed by atoms with van der Waals surface area (Å²) >= 11 is 6.21. The molecule has 0 aliphatic carbocycles. The molecule has 0 amide bonds. The highest BCUT2D eigenvalue weighted by atomic mass is 35.5. The van der Waals surface area contributed by atoms with Crippen molar-refractivity contribution >= 4 is 17.4 Å². The van der Waals surface area contributed by atoms with E-state index in [-0.39, 0.29) is 17.8 Å². The number of aromatic nitrogens is 2. The number of nitriles is 2. The lowest BCUT2D eigenvalue weighted by molar-refractivity contribution is 0.236. The van der Waals surface area contributed by atoms with Crippen molar-refractivity contribution in [3.8, 4) is 17.9 Å². The van der Waals surface area contributed by atoms with Gasteiger partial charge in [-0.3, -0.25) is 9.88 Å². The molecule has 0 bridgehead atoms. The molecule has 28 heavy (non-hydrogen) atoms. The molecular formula is C20H21ClN6O. The monoisotopic (exact) mass is 396 g/mol. The molecule has 0 unspecified atom stereocenters. The van der Waals surface area contributed by atoms with Gasteiger partial charge in [0.2, 0.25) is 0 Å². The van der Waals surface area contributed by atoms with Crippen molar-refractivity contribution < 1.29 is 4.74 Å². The number of ether oxygens (including phenoxy) is 1. The predicted octanol–water partition coefficient (Wildman–Crippen LogP) is 3.28. The van der Waals surface area contributed by atoms with Gasteiger partial charge in [-0.15, -0.1) is 0 Å². The molecule has 3 rings (SSSR count). The Morgan fingerprint density at radius 1 is 1.32 bits per heavy atom. The summed E-state index contributed by atoms with van der Waals surface area (Å²) in [4.78, 5) is 11.0. The summed E-state index contributed by atoms with van der Waals surface area (Å²) in [5, 5.41) is 21.5. The summed E-state index contributed by atoms with van der Waals surface area (Å²) < 4.78 is 5.63. The van der Waals surface area contributed by atoms with Gasteiger partial charge >= 0.3 is 0 Å². The summed E-state index contributed by atoms with van der Waals surface area (Å²) in [7, 11) is 0. The van der Waals surface area contributed by atoms with Crippen LogP contribution in [0.2, 0.25) is 5.15 Å². The van der Waals surface area contributed by atoms with Crippen LogP contribution in [0.25, 0.3) is 0 Å². The molecule has 0 spiro atoms. The van der Waals surface area contributed by atoms with Crippen molar-refractivity contribution in [3.63, 3.8) is 0 Å². The highest BCUT2D eigenvalue weighted by Crippen LogP contribution is 2.32. The number of fused-ring (bicyclic) bond motifs is 1. The summed E-state index contributed by atoms with van der Waals surface area (Å²) in [5.41, 5.74) is 3.16. The van der Waals surface area contributed by atoms with Gasteiger partial charge in [-0.05, 0) is 38.0 Å². The molecule has 2 aromatic rings. The van der Waals surface area contributed by atoms with Crippen molar-refractivity contribution in [2.24, 2.45) is 0 Å². The van der Waals surface area contributed by atoms with Crippen molar-refractivity contribution in [3.05, 3.63) is 45.9 Å². The lowest BCUT2D eigenvalue weighted by atomic mass is 9.96. The summed E-state index contributed by atoms with van der Waals surface area (Å²) in [5.74, 6) is 1.34. The average Bonchev–Trinajstić information content (AvgIpc) is 2.67. The number of nitrogens with zero attached hydrogens (tertiary/aromatic N) is 5. The molecule has 144 valence electrons. The topological polar surface area (TPSA) is 97.9 Å². The van der Waals surface area contributed by atoms with Crippen molar-refractivity contribution in [2.75, 3.05) is 18.4 Å². The average molecular weight is 397 g/mol. The van der Waals surface area contributed by atoms with E-state index < -0.39 is 0 Å². The maximum Gasteiger partial charge on any atom is 0.149 e. The van der Waals surface area contributed by atoms with Crippen molar-refractivity contribution in [1.82, 2.24) is 14.9 Å². The fourth-order valence-electron chi connectivity index (χ4n) is 3.25. The summed E-state index contributed by atoms with van der Waals surface area (Å²) in [6.07, 6.45) is 2.56. The third kappa shape index (κ3) is 4.51. The van der Waals surface area contributed by atoms with E-state index in [1.165, 1.54) is 0 Å². The number of anilines is 1. The number of rotatable bonds is 6. The predicted molar refractivity (Wildman–Crippen MR) is 106 cm³/mol. The van der Waals surface area contributed by atoms with Crippen LogP contribution in [0.1, 0.15) is 36.2 Å². The first kappa shape index (κ1) is 19.9. The molecule has 0 radical (unpaired) electrons. The molecule has 0 fully saturated rings. The van der Waals surface area contributed by atoms with E-state index in [0.717, 1.165) is 35.5 Å². The maximum absolute atomic E-state index is 9.53. The van der Waals surface area contributed by atoms with E-state index in [4.69, 9.17) is 21.6 Å². The van der Waals surface area contributed by atoms with E-state index in [2.05, 4.69) is 26.3 Å². The normalized spacial score (nSPS) is 13.5. The third-order valence-electron chi connectivity index (χ3n) is 4.43. The van der Waals surface area contributed by atoms with Gasteiger partial charge in [0.25, 0.3) is 0 Å². The molecule has 3 heterocycles. The minimum atomic E-state index is 0.109. The van der Waals surface area contributed by atoms with E-state index in [1.54, 1.807) is 6.20 Å². The van der Waals surface area contributed by atoms with Gasteiger partial charge in [-0.1, -0.05) is 11.6 Å². The van der Waals surface area contributed by atoms with E-state index >= 15 is 0 Å².